The van der Waals surface area contributed by atoms with E-state index in [1.54, 1.807) is 6.07 Å². The van der Waals surface area contributed by atoms with E-state index < -0.39 is 0 Å². The molecule has 0 aliphatic carbocycles. The van der Waals surface area contributed by atoms with Crippen LogP contribution < -0.4 is 10.5 Å². The molecule has 2 N–H and O–H groups in total. The lowest BCUT2D eigenvalue weighted by Crippen LogP contribution is -2.16. The summed E-state index contributed by atoms with van der Waals surface area (Å²) < 4.78 is 19.8. The van der Waals surface area contributed by atoms with Crippen LogP contribution >= 0.6 is 0 Å². The Hall–Kier alpha value is -2.65. The van der Waals surface area contributed by atoms with Gasteiger partial charge in [-0.3, -0.25) is 0 Å². The highest BCUT2D eigenvalue weighted by atomic mass is 19.1. The minimum Gasteiger partial charge on any atom is -0.489 e. The van der Waals surface area contributed by atoms with Crippen LogP contribution in [0.15, 0.2) is 72.8 Å². The van der Waals surface area contributed by atoms with E-state index in [2.05, 4.69) is 31.2 Å². The van der Waals surface area contributed by atoms with Crippen LogP contribution in [0.5, 0.6) is 5.75 Å². The van der Waals surface area contributed by atoms with E-state index in [1.165, 1.54) is 11.6 Å². The van der Waals surface area contributed by atoms with Crippen molar-refractivity contribution < 1.29 is 9.13 Å². The topological polar surface area (TPSA) is 35.2 Å². The van der Waals surface area contributed by atoms with Gasteiger partial charge in [-0.25, -0.2) is 4.39 Å². The molecule has 2 nitrogen and oxygen atoms in total. The molecule has 0 saturated carbocycles. The molecule has 0 heterocycles. The first-order valence-corrected chi connectivity index (χ1v) is 8.87. The number of rotatable bonds is 7. The van der Waals surface area contributed by atoms with Crippen LogP contribution in [0.25, 0.3) is 0 Å². The van der Waals surface area contributed by atoms with E-state index in [9.17, 15) is 4.39 Å². The van der Waals surface area contributed by atoms with Gasteiger partial charge < -0.3 is 10.5 Å². The van der Waals surface area contributed by atoms with Gasteiger partial charge >= 0.3 is 0 Å². The van der Waals surface area contributed by atoms with Crippen molar-refractivity contribution in [2.45, 2.75) is 25.9 Å². The van der Waals surface area contributed by atoms with Gasteiger partial charge in [0.2, 0.25) is 0 Å². The fourth-order valence-corrected chi connectivity index (χ4v) is 2.98. The Morgan fingerprint density at radius 3 is 2.19 bits per heavy atom. The van der Waals surface area contributed by atoms with Gasteiger partial charge in [0.1, 0.15) is 18.2 Å². The molecule has 0 fully saturated rings. The van der Waals surface area contributed by atoms with E-state index in [1.807, 2.05) is 36.4 Å². The maximum atomic E-state index is 14.0. The van der Waals surface area contributed by atoms with Crippen LogP contribution in [0.4, 0.5) is 4.39 Å². The summed E-state index contributed by atoms with van der Waals surface area (Å²) in [6, 6.07) is 23.1. The monoisotopic (exact) mass is 349 g/mol. The second kappa shape index (κ2) is 8.63. The Bertz CT molecular complexity index is 828. The molecule has 3 aromatic carbocycles. The summed E-state index contributed by atoms with van der Waals surface area (Å²) in [6.45, 7) is 3.02. The Kier molecular flexibility index (Phi) is 6.03. The highest BCUT2D eigenvalue weighted by Crippen LogP contribution is 2.24. The van der Waals surface area contributed by atoms with Crippen LogP contribution in [0, 0.1) is 12.7 Å². The molecule has 3 heteroatoms. The molecular formula is C23H24FNO. The third kappa shape index (κ3) is 4.70. The number of aryl methyl sites for hydroxylation is 1. The average molecular weight is 349 g/mol. The largest absolute Gasteiger partial charge is 0.489 e. The minimum atomic E-state index is -0.194. The van der Waals surface area contributed by atoms with Gasteiger partial charge in [-0.05, 0) is 54.8 Å². The van der Waals surface area contributed by atoms with Crippen molar-refractivity contribution in [3.05, 3.63) is 101 Å². The number of hydrogen-bond acceptors (Lipinski definition) is 2. The molecule has 0 amide bonds. The molecular weight excluding hydrogens is 325 g/mol. The third-order valence-corrected chi connectivity index (χ3v) is 4.56. The third-order valence-electron chi connectivity index (χ3n) is 4.56. The van der Waals surface area contributed by atoms with Crippen molar-refractivity contribution in [1.29, 1.82) is 0 Å². The van der Waals surface area contributed by atoms with E-state index >= 15 is 0 Å². The lowest BCUT2D eigenvalue weighted by molar-refractivity contribution is 0.306. The summed E-state index contributed by atoms with van der Waals surface area (Å²) in [4.78, 5) is 0. The first kappa shape index (κ1) is 18.2. The molecule has 26 heavy (non-hydrogen) atoms. The lowest BCUT2D eigenvalue weighted by atomic mass is 9.91. The summed E-state index contributed by atoms with van der Waals surface area (Å²) in [5.74, 6) is 0.598. The number of nitrogens with two attached hydrogens (primary N) is 1. The molecule has 134 valence electrons. The van der Waals surface area contributed by atoms with Crippen molar-refractivity contribution in [3.8, 4) is 5.75 Å². The Balaban J connectivity index is 1.61. The molecule has 0 bridgehead atoms. The Morgan fingerprint density at radius 1 is 0.885 bits per heavy atom. The van der Waals surface area contributed by atoms with Gasteiger partial charge in [0.25, 0.3) is 0 Å². The number of benzene rings is 3. The predicted molar refractivity (Wildman–Crippen MR) is 104 cm³/mol. The molecule has 0 radical (unpaired) electrons. The normalized spacial score (nSPS) is 12.0. The van der Waals surface area contributed by atoms with E-state index in [-0.39, 0.29) is 11.7 Å². The second-order valence-electron chi connectivity index (χ2n) is 6.58. The molecule has 1 unspecified atom stereocenters. The van der Waals surface area contributed by atoms with E-state index in [0.717, 1.165) is 16.9 Å². The molecule has 0 aromatic heterocycles. The maximum absolute atomic E-state index is 14.0. The zero-order valence-corrected chi connectivity index (χ0v) is 15.0. The van der Waals surface area contributed by atoms with Gasteiger partial charge in [-0.1, -0.05) is 60.2 Å². The highest BCUT2D eigenvalue weighted by Gasteiger charge is 2.14. The van der Waals surface area contributed by atoms with Crippen LogP contribution in [-0.2, 0) is 13.0 Å². The standard InChI is InChI=1S/C23H24FNO/c1-17-6-8-19(9-7-17)16-26-21-12-10-18(11-13-21)14-20(15-25)22-4-2-3-5-23(22)24/h2-13,20H,14-16,25H2,1H3. The average Bonchev–Trinajstić information content (AvgIpc) is 2.67. The maximum Gasteiger partial charge on any atom is 0.126 e. The van der Waals surface area contributed by atoms with Crippen LogP contribution in [0.1, 0.15) is 28.2 Å². The molecule has 3 rings (SSSR count). The SMILES string of the molecule is Cc1ccc(COc2ccc(CC(CN)c3ccccc3F)cc2)cc1. The Morgan fingerprint density at radius 2 is 1.54 bits per heavy atom. The van der Waals surface area contributed by atoms with Gasteiger partial charge in [0.15, 0.2) is 0 Å². The number of halogens is 1. The molecule has 0 aliphatic rings. The first-order valence-electron chi connectivity index (χ1n) is 8.87. The molecule has 0 aliphatic heterocycles. The minimum absolute atomic E-state index is 0.0319. The second-order valence-corrected chi connectivity index (χ2v) is 6.58. The van der Waals surface area contributed by atoms with Crippen molar-refractivity contribution in [3.63, 3.8) is 0 Å². The summed E-state index contributed by atoms with van der Waals surface area (Å²) in [5.41, 5.74) is 10.1. The van der Waals surface area contributed by atoms with Crippen molar-refractivity contribution in [2.24, 2.45) is 5.73 Å². The molecule has 0 saturated heterocycles. The van der Waals surface area contributed by atoms with Crippen molar-refractivity contribution >= 4 is 0 Å². The van der Waals surface area contributed by atoms with Gasteiger partial charge in [-0.2, -0.15) is 0 Å². The van der Waals surface area contributed by atoms with E-state index in [4.69, 9.17) is 10.5 Å². The van der Waals surface area contributed by atoms with Gasteiger partial charge in [0.05, 0.1) is 0 Å². The predicted octanol–water partition coefficient (Wildman–Crippen LogP) is 5.00. The molecule has 1 atom stereocenters. The molecule has 0 spiro atoms. The number of hydrogen-bond donors (Lipinski definition) is 1. The Labute approximate surface area is 154 Å². The highest BCUT2D eigenvalue weighted by molar-refractivity contribution is 5.31. The zero-order valence-electron chi connectivity index (χ0n) is 15.0. The van der Waals surface area contributed by atoms with Crippen molar-refractivity contribution in [2.75, 3.05) is 6.54 Å². The summed E-state index contributed by atoms with van der Waals surface area (Å²) in [6.07, 6.45) is 0.704. The molecule has 3 aromatic rings. The smallest absolute Gasteiger partial charge is 0.126 e. The quantitative estimate of drug-likeness (QED) is 0.651. The van der Waals surface area contributed by atoms with Crippen LogP contribution in [0.3, 0.4) is 0 Å². The van der Waals surface area contributed by atoms with Crippen molar-refractivity contribution in [1.82, 2.24) is 0 Å². The van der Waals surface area contributed by atoms with Gasteiger partial charge in [-0.15, -0.1) is 0 Å². The summed E-state index contributed by atoms with van der Waals surface area (Å²) >= 11 is 0. The summed E-state index contributed by atoms with van der Waals surface area (Å²) in [7, 11) is 0. The van der Waals surface area contributed by atoms with Crippen LogP contribution in [-0.4, -0.2) is 6.54 Å². The first-order chi connectivity index (χ1) is 12.7. The summed E-state index contributed by atoms with van der Waals surface area (Å²) in [5, 5.41) is 0. The van der Waals surface area contributed by atoms with Crippen LogP contribution in [0.2, 0.25) is 0 Å². The fourth-order valence-electron chi connectivity index (χ4n) is 2.98. The van der Waals surface area contributed by atoms with E-state index in [0.29, 0.717) is 25.1 Å². The lowest BCUT2D eigenvalue weighted by Gasteiger charge is -2.16. The van der Waals surface area contributed by atoms with Gasteiger partial charge in [0, 0.05) is 5.92 Å². The zero-order chi connectivity index (χ0) is 18.4. The number of ether oxygens (including phenoxy) is 1. The fraction of sp³-hybridized carbons (Fsp3) is 0.217.